The SMILES string of the molecule is CC[C@H](C)NC(=S)NC(c1ccccc1)(c1ccccc1)c1ccccc1. The molecule has 3 aromatic carbocycles. The van der Waals surface area contributed by atoms with E-state index in [4.69, 9.17) is 12.2 Å². The van der Waals surface area contributed by atoms with Crippen molar-refractivity contribution in [3.63, 3.8) is 0 Å². The predicted molar refractivity (Wildman–Crippen MR) is 118 cm³/mol. The van der Waals surface area contributed by atoms with Crippen molar-refractivity contribution in [1.82, 2.24) is 10.6 Å². The van der Waals surface area contributed by atoms with E-state index in [1.54, 1.807) is 0 Å². The minimum absolute atomic E-state index is 0.310. The van der Waals surface area contributed by atoms with Gasteiger partial charge in [0, 0.05) is 6.04 Å². The second kappa shape index (κ2) is 8.83. The van der Waals surface area contributed by atoms with Gasteiger partial charge < -0.3 is 10.6 Å². The summed E-state index contributed by atoms with van der Waals surface area (Å²) < 4.78 is 0. The molecule has 0 bridgehead atoms. The lowest BCUT2D eigenvalue weighted by Crippen LogP contribution is -2.52. The fraction of sp³-hybridized carbons (Fsp3) is 0.208. The molecule has 0 saturated heterocycles. The largest absolute Gasteiger partial charge is 0.360 e. The summed E-state index contributed by atoms with van der Waals surface area (Å²) in [5.41, 5.74) is 2.88. The van der Waals surface area contributed by atoms with E-state index in [9.17, 15) is 0 Å². The molecule has 0 aliphatic heterocycles. The third kappa shape index (κ3) is 4.20. The number of benzene rings is 3. The van der Waals surface area contributed by atoms with Crippen LogP contribution in [0, 0.1) is 0 Å². The number of thiocarbonyl (C=S) groups is 1. The Labute approximate surface area is 167 Å². The average molecular weight is 375 g/mol. The Morgan fingerprint density at radius 2 is 1.15 bits per heavy atom. The first-order chi connectivity index (χ1) is 13.2. The van der Waals surface area contributed by atoms with Crippen LogP contribution in [0.3, 0.4) is 0 Å². The van der Waals surface area contributed by atoms with Gasteiger partial charge in [-0.3, -0.25) is 0 Å². The van der Waals surface area contributed by atoms with Gasteiger partial charge in [0.2, 0.25) is 0 Å². The second-order valence-corrected chi connectivity index (χ2v) is 7.16. The van der Waals surface area contributed by atoms with E-state index < -0.39 is 5.54 Å². The summed E-state index contributed by atoms with van der Waals surface area (Å²) in [7, 11) is 0. The molecule has 2 nitrogen and oxygen atoms in total. The highest BCUT2D eigenvalue weighted by Crippen LogP contribution is 2.36. The first kappa shape index (κ1) is 19.1. The lowest BCUT2D eigenvalue weighted by Gasteiger charge is -2.38. The maximum absolute atomic E-state index is 5.72. The highest BCUT2D eigenvalue weighted by Gasteiger charge is 2.37. The van der Waals surface area contributed by atoms with Crippen LogP contribution in [0.2, 0.25) is 0 Å². The van der Waals surface area contributed by atoms with Crippen LogP contribution in [0.4, 0.5) is 0 Å². The lowest BCUT2D eigenvalue weighted by atomic mass is 9.77. The topological polar surface area (TPSA) is 24.1 Å². The Morgan fingerprint density at radius 3 is 1.48 bits per heavy atom. The molecule has 0 spiro atoms. The number of rotatable bonds is 6. The molecule has 27 heavy (non-hydrogen) atoms. The summed E-state index contributed by atoms with van der Waals surface area (Å²) in [5, 5.41) is 7.73. The zero-order valence-corrected chi connectivity index (χ0v) is 16.7. The van der Waals surface area contributed by atoms with E-state index in [1.165, 1.54) is 0 Å². The molecule has 1 atom stereocenters. The second-order valence-electron chi connectivity index (χ2n) is 6.76. The van der Waals surface area contributed by atoms with E-state index in [1.807, 2.05) is 18.2 Å². The quantitative estimate of drug-likeness (QED) is 0.456. The molecule has 0 fully saturated rings. The van der Waals surface area contributed by atoms with Crippen LogP contribution in [-0.2, 0) is 5.54 Å². The smallest absolute Gasteiger partial charge is 0.167 e. The molecule has 0 aromatic heterocycles. The van der Waals surface area contributed by atoms with E-state index in [0.29, 0.717) is 11.2 Å². The summed E-state index contributed by atoms with van der Waals surface area (Å²) in [4.78, 5) is 0. The van der Waals surface area contributed by atoms with Gasteiger partial charge in [-0.2, -0.15) is 0 Å². The van der Waals surface area contributed by atoms with Gasteiger partial charge >= 0.3 is 0 Å². The van der Waals surface area contributed by atoms with Gasteiger partial charge in [0.15, 0.2) is 5.11 Å². The molecule has 0 unspecified atom stereocenters. The van der Waals surface area contributed by atoms with Gasteiger partial charge in [0.1, 0.15) is 5.54 Å². The van der Waals surface area contributed by atoms with E-state index >= 15 is 0 Å². The van der Waals surface area contributed by atoms with Crippen LogP contribution in [0.5, 0.6) is 0 Å². The number of hydrogen-bond acceptors (Lipinski definition) is 1. The molecule has 0 amide bonds. The molecule has 3 rings (SSSR count). The van der Waals surface area contributed by atoms with Crippen molar-refractivity contribution in [2.75, 3.05) is 0 Å². The van der Waals surface area contributed by atoms with Gasteiger partial charge in [0.05, 0.1) is 0 Å². The first-order valence-corrected chi connectivity index (χ1v) is 9.83. The van der Waals surface area contributed by atoms with Crippen LogP contribution >= 0.6 is 12.2 Å². The molecular formula is C24H26N2S. The molecule has 0 radical (unpaired) electrons. The summed E-state index contributed by atoms with van der Waals surface area (Å²) >= 11 is 5.72. The Morgan fingerprint density at radius 1 is 0.778 bits per heavy atom. The molecule has 0 saturated carbocycles. The zero-order valence-electron chi connectivity index (χ0n) is 15.9. The van der Waals surface area contributed by atoms with Crippen LogP contribution < -0.4 is 10.6 Å². The highest BCUT2D eigenvalue weighted by molar-refractivity contribution is 7.80. The van der Waals surface area contributed by atoms with Crippen molar-refractivity contribution in [2.24, 2.45) is 0 Å². The van der Waals surface area contributed by atoms with Crippen LogP contribution in [0.25, 0.3) is 0 Å². The molecule has 0 heterocycles. The Hall–Kier alpha value is -2.65. The van der Waals surface area contributed by atoms with Crippen molar-refractivity contribution < 1.29 is 0 Å². The Kier molecular flexibility index (Phi) is 6.25. The normalized spacial score (nSPS) is 12.2. The Bertz CT molecular complexity index is 751. The van der Waals surface area contributed by atoms with Gasteiger partial charge in [-0.25, -0.2) is 0 Å². The van der Waals surface area contributed by atoms with E-state index in [2.05, 4.69) is 97.3 Å². The fourth-order valence-electron chi connectivity index (χ4n) is 3.31. The lowest BCUT2D eigenvalue weighted by molar-refractivity contribution is 0.549. The third-order valence-corrected chi connectivity index (χ3v) is 5.13. The van der Waals surface area contributed by atoms with Crippen LogP contribution in [0.1, 0.15) is 37.0 Å². The van der Waals surface area contributed by atoms with Crippen molar-refractivity contribution in [3.8, 4) is 0 Å². The number of nitrogens with one attached hydrogen (secondary N) is 2. The van der Waals surface area contributed by atoms with E-state index in [-0.39, 0.29) is 0 Å². The molecule has 138 valence electrons. The zero-order chi connectivity index (χ0) is 19.1. The minimum atomic E-state index is -0.568. The molecule has 2 N–H and O–H groups in total. The number of hydrogen-bond donors (Lipinski definition) is 2. The molecule has 0 aliphatic rings. The van der Waals surface area contributed by atoms with E-state index in [0.717, 1.165) is 23.1 Å². The summed E-state index contributed by atoms with van der Waals surface area (Å²) in [6.45, 7) is 4.29. The van der Waals surface area contributed by atoms with Gasteiger partial charge in [-0.15, -0.1) is 0 Å². The van der Waals surface area contributed by atoms with Crippen molar-refractivity contribution in [3.05, 3.63) is 108 Å². The summed E-state index contributed by atoms with van der Waals surface area (Å²) in [5.74, 6) is 0. The van der Waals surface area contributed by atoms with Crippen LogP contribution in [0.15, 0.2) is 91.0 Å². The first-order valence-electron chi connectivity index (χ1n) is 9.42. The average Bonchev–Trinajstić information content (AvgIpc) is 2.74. The standard InChI is InChI=1S/C24H26N2S/c1-3-19(2)25-23(27)26-24(20-13-7-4-8-14-20,21-15-9-5-10-16-21)22-17-11-6-12-18-22/h4-19H,3H2,1-2H3,(H2,25,26,27)/t19-/m0/s1. The van der Waals surface area contributed by atoms with Gasteiger partial charge in [-0.1, -0.05) is 97.9 Å². The molecule has 0 aliphatic carbocycles. The van der Waals surface area contributed by atoms with Gasteiger partial charge in [0.25, 0.3) is 0 Å². The molecule has 3 aromatic rings. The van der Waals surface area contributed by atoms with Crippen molar-refractivity contribution >= 4 is 17.3 Å². The Balaban J connectivity index is 2.18. The van der Waals surface area contributed by atoms with Crippen LogP contribution in [-0.4, -0.2) is 11.2 Å². The predicted octanol–water partition coefficient (Wildman–Crippen LogP) is 5.24. The van der Waals surface area contributed by atoms with Crippen molar-refractivity contribution in [1.29, 1.82) is 0 Å². The molecular weight excluding hydrogens is 348 g/mol. The fourth-order valence-corrected chi connectivity index (χ4v) is 3.67. The highest BCUT2D eigenvalue weighted by atomic mass is 32.1. The minimum Gasteiger partial charge on any atom is -0.360 e. The van der Waals surface area contributed by atoms with Crippen molar-refractivity contribution in [2.45, 2.75) is 31.8 Å². The third-order valence-electron chi connectivity index (χ3n) is 4.91. The monoisotopic (exact) mass is 374 g/mol. The molecule has 3 heteroatoms. The maximum atomic E-state index is 5.72. The summed E-state index contributed by atoms with van der Waals surface area (Å²) in [6.07, 6.45) is 1.01. The summed E-state index contributed by atoms with van der Waals surface area (Å²) in [6, 6.07) is 31.8. The maximum Gasteiger partial charge on any atom is 0.167 e. The van der Waals surface area contributed by atoms with Gasteiger partial charge in [-0.05, 0) is 42.3 Å².